The molecule has 0 atom stereocenters. The molecule has 0 amide bonds. The number of rotatable bonds is 0. The Morgan fingerprint density at radius 2 is 2.29 bits per heavy atom. The Hall–Kier alpha value is -0.560. The molecule has 7 heavy (non-hydrogen) atoms. The second-order valence-electron chi connectivity index (χ2n) is 1.71. The van der Waals surface area contributed by atoms with E-state index >= 15 is 0 Å². The molecule has 0 unspecified atom stereocenters. The molecule has 1 nitrogen and oxygen atoms in total. The minimum Gasteiger partial charge on any atom is -0.140 e. The van der Waals surface area contributed by atoms with Crippen LogP contribution in [0.15, 0.2) is 24.4 Å². The third-order valence-corrected chi connectivity index (χ3v) is 0.981. The molecule has 0 aromatic heterocycles. The highest BCUT2D eigenvalue weighted by Crippen LogP contribution is 1.88. The smallest absolute Gasteiger partial charge is 0.140 e. The molecule has 1 aliphatic rings. The lowest BCUT2D eigenvalue weighted by Gasteiger charge is -1.96. The Morgan fingerprint density at radius 3 is 2.57 bits per heavy atom. The second kappa shape index (κ2) is 1.94. The van der Waals surface area contributed by atoms with E-state index < -0.39 is 0 Å². The van der Waals surface area contributed by atoms with Crippen molar-refractivity contribution in [3.63, 3.8) is 0 Å². The predicted octanol–water partition coefficient (Wildman–Crippen LogP) is 0.840. The Labute approximate surface area is 43.9 Å². The van der Waals surface area contributed by atoms with Crippen LogP contribution in [0.5, 0.6) is 0 Å². The molecule has 0 fully saturated rings. The van der Waals surface area contributed by atoms with Gasteiger partial charge in [-0.15, -0.1) is 4.90 Å². The summed E-state index contributed by atoms with van der Waals surface area (Å²) in [7, 11) is 2.06. The molecule has 1 radical (unpaired) electrons. The lowest BCUT2D eigenvalue weighted by atomic mass is 10.4. The molecule has 0 saturated heterocycles. The molecule has 1 aliphatic heterocycles. The average Bonchev–Trinajstić information content (AvgIpc) is 1.69. The van der Waals surface area contributed by atoms with Gasteiger partial charge in [-0.1, -0.05) is 6.08 Å². The fourth-order valence-electron chi connectivity index (χ4n) is 0.563. The van der Waals surface area contributed by atoms with Gasteiger partial charge in [0.1, 0.15) is 19.8 Å². The van der Waals surface area contributed by atoms with Crippen LogP contribution >= 0.6 is 0 Å². The summed E-state index contributed by atoms with van der Waals surface area (Å²) in [6.45, 7) is 1.05. The van der Waals surface area contributed by atoms with Crippen LogP contribution in [0.3, 0.4) is 0 Å². The van der Waals surface area contributed by atoms with Crippen LogP contribution < -0.4 is 4.90 Å². The molecular formula is C6H9N+. The fourth-order valence-corrected chi connectivity index (χ4v) is 0.563. The molecule has 0 spiro atoms. The minimum atomic E-state index is 1.05. The monoisotopic (exact) mass is 95.1 g/mol. The maximum Gasteiger partial charge on any atom is 0.146 e. The van der Waals surface area contributed by atoms with E-state index in [4.69, 9.17) is 0 Å². The van der Waals surface area contributed by atoms with Gasteiger partial charge in [0, 0.05) is 0 Å². The first-order valence-corrected chi connectivity index (χ1v) is 2.43. The van der Waals surface area contributed by atoms with Crippen molar-refractivity contribution in [2.24, 2.45) is 0 Å². The third-order valence-electron chi connectivity index (χ3n) is 0.981. The third kappa shape index (κ3) is 1.16. The van der Waals surface area contributed by atoms with E-state index in [1.807, 2.05) is 6.08 Å². The van der Waals surface area contributed by atoms with Crippen molar-refractivity contribution in [2.45, 2.75) is 0 Å². The Kier molecular flexibility index (Phi) is 1.27. The minimum absolute atomic E-state index is 1.05. The molecule has 1 rings (SSSR count). The lowest BCUT2D eigenvalue weighted by molar-refractivity contribution is 0.674. The van der Waals surface area contributed by atoms with Crippen molar-refractivity contribution in [3.8, 4) is 0 Å². The Bertz CT molecular complexity index is 103. The van der Waals surface area contributed by atoms with E-state index in [9.17, 15) is 0 Å². The topological polar surface area (TPSA) is 5.90 Å². The van der Waals surface area contributed by atoms with Gasteiger partial charge in [0.05, 0.1) is 0 Å². The van der Waals surface area contributed by atoms with Crippen LogP contribution in [0.1, 0.15) is 0 Å². The molecule has 1 heterocycles. The summed E-state index contributed by atoms with van der Waals surface area (Å²) in [5, 5.41) is 0. The van der Waals surface area contributed by atoms with Gasteiger partial charge < -0.3 is 0 Å². The predicted molar refractivity (Wildman–Crippen MR) is 31.2 cm³/mol. The first-order valence-electron chi connectivity index (χ1n) is 2.43. The Balaban J connectivity index is 2.49. The quantitative estimate of drug-likeness (QED) is 0.393. The van der Waals surface area contributed by atoms with Crippen LogP contribution in [0, 0.1) is 0 Å². The zero-order chi connectivity index (χ0) is 5.11. The molecule has 37 valence electrons. The van der Waals surface area contributed by atoms with Crippen molar-refractivity contribution in [3.05, 3.63) is 24.4 Å². The Morgan fingerprint density at radius 1 is 1.43 bits per heavy atom. The van der Waals surface area contributed by atoms with Gasteiger partial charge in [-0.2, -0.15) is 0 Å². The average molecular weight is 95.1 g/mol. The molecule has 0 N–H and O–H groups in total. The highest BCUT2D eigenvalue weighted by molar-refractivity contribution is 5.09. The van der Waals surface area contributed by atoms with Crippen LogP contribution in [0.4, 0.5) is 0 Å². The van der Waals surface area contributed by atoms with Crippen LogP contribution in [-0.4, -0.2) is 13.6 Å². The van der Waals surface area contributed by atoms with Crippen molar-refractivity contribution in [2.75, 3.05) is 13.6 Å². The lowest BCUT2D eigenvalue weighted by Crippen LogP contribution is -2.18. The zero-order valence-corrected chi connectivity index (χ0v) is 4.46. The molecule has 1 heteroatoms. The van der Waals surface area contributed by atoms with Gasteiger partial charge in [0.15, 0.2) is 0 Å². The van der Waals surface area contributed by atoms with E-state index in [1.165, 1.54) is 0 Å². The highest BCUT2D eigenvalue weighted by atomic mass is 15.1. The summed E-state index contributed by atoms with van der Waals surface area (Å²) in [5.74, 6) is 0. The van der Waals surface area contributed by atoms with Crippen LogP contribution in [0.25, 0.3) is 0 Å². The molecule has 0 saturated carbocycles. The summed E-state index contributed by atoms with van der Waals surface area (Å²) in [6.07, 6.45) is 8.27. The SMILES string of the molecule is C[N+]1C=CC=CC1. The van der Waals surface area contributed by atoms with Gasteiger partial charge in [-0.3, -0.25) is 0 Å². The highest BCUT2D eigenvalue weighted by Gasteiger charge is 1.99. The molecule has 0 aromatic rings. The van der Waals surface area contributed by atoms with Gasteiger partial charge in [0.2, 0.25) is 0 Å². The van der Waals surface area contributed by atoms with Crippen LogP contribution in [-0.2, 0) is 0 Å². The molecule has 0 aliphatic carbocycles. The van der Waals surface area contributed by atoms with E-state index in [1.54, 1.807) is 0 Å². The van der Waals surface area contributed by atoms with Gasteiger partial charge >= 0.3 is 0 Å². The normalized spacial score (nSPS) is 20.7. The van der Waals surface area contributed by atoms with Gasteiger partial charge in [-0.25, -0.2) is 0 Å². The summed E-state index contributed by atoms with van der Waals surface area (Å²) in [5.41, 5.74) is 0. The van der Waals surface area contributed by atoms with Gasteiger partial charge in [0.25, 0.3) is 0 Å². The summed E-state index contributed by atoms with van der Waals surface area (Å²) in [4.78, 5) is 2.12. The van der Waals surface area contributed by atoms with Crippen molar-refractivity contribution in [1.29, 1.82) is 0 Å². The van der Waals surface area contributed by atoms with Crippen LogP contribution in [0.2, 0.25) is 0 Å². The number of likely N-dealkylation sites (N-methyl/N-ethyl adjacent to an activating group) is 1. The van der Waals surface area contributed by atoms with Crippen molar-refractivity contribution < 1.29 is 0 Å². The van der Waals surface area contributed by atoms with Gasteiger partial charge in [-0.05, 0) is 12.2 Å². The van der Waals surface area contributed by atoms with Crippen molar-refractivity contribution >= 4 is 0 Å². The zero-order valence-electron chi connectivity index (χ0n) is 4.46. The number of allylic oxidation sites excluding steroid dienone is 2. The summed E-state index contributed by atoms with van der Waals surface area (Å²) in [6, 6.07) is 0. The first-order chi connectivity index (χ1) is 3.39. The number of hydrogen-bond donors (Lipinski definition) is 0. The van der Waals surface area contributed by atoms with E-state index in [0.29, 0.717) is 0 Å². The fraction of sp³-hybridized carbons (Fsp3) is 0.333. The largest absolute Gasteiger partial charge is 0.146 e. The molecule has 0 bridgehead atoms. The summed E-state index contributed by atoms with van der Waals surface area (Å²) >= 11 is 0. The van der Waals surface area contributed by atoms with E-state index in [-0.39, 0.29) is 0 Å². The maximum atomic E-state index is 2.12. The van der Waals surface area contributed by atoms with Crippen molar-refractivity contribution in [1.82, 2.24) is 4.90 Å². The first kappa shape index (κ1) is 4.60. The number of hydrogen-bond acceptors (Lipinski definition) is 1. The maximum absolute atomic E-state index is 2.12. The molecule has 0 aromatic carbocycles. The number of nitrogens with zero attached hydrogens (tertiary/aromatic N) is 1. The summed E-state index contributed by atoms with van der Waals surface area (Å²) < 4.78 is 0. The molecular weight excluding hydrogens is 86.1 g/mol. The van der Waals surface area contributed by atoms with E-state index in [2.05, 4.69) is 30.3 Å². The van der Waals surface area contributed by atoms with E-state index in [0.717, 1.165) is 6.54 Å². The standard InChI is InChI=1S/C6H9N/c1-7-5-3-2-4-6-7/h2-5H,6H2,1H3/q+1. The second-order valence-corrected chi connectivity index (χ2v) is 1.71.